The van der Waals surface area contributed by atoms with Gasteiger partial charge in [0.05, 0.1) is 0 Å². The van der Waals surface area contributed by atoms with Crippen molar-refractivity contribution >= 4 is 65.0 Å². The lowest BCUT2D eigenvalue weighted by Gasteiger charge is -2.18. The van der Waals surface area contributed by atoms with Crippen LogP contribution in [-0.2, 0) is 0 Å². The summed E-state index contributed by atoms with van der Waals surface area (Å²) in [6.07, 6.45) is 0. The van der Waals surface area contributed by atoms with Gasteiger partial charge in [0.25, 0.3) is 0 Å². The average molecular weight is 983 g/mol. The molecule has 0 aliphatic rings. The Morgan fingerprint density at radius 2 is 0.532 bits per heavy atom. The average Bonchev–Trinajstić information content (AvgIpc) is 3.91. The molecule has 0 saturated heterocycles. The van der Waals surface area contributed by atoms with Crippen LogP contribution < -0.4 is 0 Å². The molecule has 15 aromatic rings. The highest BCUT2D eigenvalue weighted by Gasteiger charge is 2.25. The van der Waals surface area contributed by atoms with Crippen LogP contribution in [0.15, 0.2) is 259 Å². The summed E-state index contributed by atoms with van der Waals surface area (Å²) in [5.74, 6) is 3.71. The minimum atomic E-state index is 0.613. The number of hydrogen-bond acceptors (Lipinski definition) is 7. The number of furan rings is 1. The Labute approximate surface area is 442 Å². The zero-order valence-corrected chi connectivity index (χ0v) is 41.3. The second kappa shape index (κ2) is 18.2. The van der Waals surface area contributed by atoms with Crippen molar-refractivity contribution < 1.29 is 4.42 Å². The summed E-state index contributed by atoms with van der Waals surface area (Å²) in [6.45, 7) is 0. The lowest BCUT2D eigenvalue weighted by atomic mass is 9.86. The molecule has 3 aromatic heterocycles. The van der Waals surface area contributed by atoms with Gasteiger partial charge in [0.1, 0.15) is 11.2 Å². The van der Waals surface area contributed by atoms with Crippen molar-refractivity contribution in [3.63, 3.8) is 0 Å². The monoisotopic (exact) mass is 982 g/mol. The number of benzene rings is 12. The van der Waals surface area contributed by atoms with E-state index in [9.17, 15) is 0 Å². The van der Waals surface area contributed by atoms with Crippen molar-refractivity contribution in [2.75, 3.05) is 0 Å². The Morgan fingerprint density at radius 1 is 0.208 bits per heavy atom. The molecule has 0 aliphatic heterocycles. The van der Waals surface area contributed by atoms with Gasteiger partial charge in [0.2, 0.25) is 0 Å². The first-order valence-electron chi connectivity index (χ1n) is 25.8. The zero-order chi connectivity index (χ0) is 50.8. The van der Waals surface area contributed by atoms with Crippen LogP contribution in [0.5, 0.6) is 0 Å². The van der Waals surface area contributed by atoms with Crippen LogP contribution in [0.2, 0.25) is 0 Å². The van der Waals surface area contributed by atoms with Gasteiger partial charge in [-0.2, -0.15) is 0 Å². The summed E-state index contributed by atoms with van der Waals surface area (Å²) in [6, 6.07) is 88.3. The molecule has 0 aliphatic carbocycles. The maximum Gasteiger partial charge on any atom is 0.165 e. The van der Waals surface area contributed by atoms with Gasteiger partial charge in [0.15, 0.2) is 34.9 Å². The molecule has 0 unspecified atom stereocenters. The minimum absolute atomic E-state index is 0.613. The van der Waals surface area contributed by atoms with E-state index in [0.717, 1.165) is 121 Å². The molecule has 0 spiro atoms. The Kier molecular flexibility index (Phi) is 10.4. The van der Waals surface area contributed by atoms with Crippen molar-refractivity contribution in [3.05, 3.63) is 255 Å². The summed E-state index contributed by atoms with van der Waals surface area (Å²) in [4.78, 5) is 31.2. The van der Waals surface area contributed by atoms with Crippen molar-refractivity contribution in [1.29, 1.82) is 0 Å². The van der Waals surface area contributed by atoms with Crippen molar-refractivity contribution in [1.82, 2.24) is 29.9 Å². The Morgan fingerprint density at radius 3 is 0.909 bits per heavy atom. The van der Waals surface area contributed by atoms with Gasteiger partial charge < -0.3 is 4.42 Å². The number of nitrogens with zero attached hydrogens (tertiary/aromatic N) is 6. The summed E-state index contributed by atoms with van der Waals surface area (Å²) < 4.78 is 6.83. The fraction of sp³-hybridized carbons (Fsp3) is 0. The van der Waals surface area contributed by atoms with Gasteiger partial charge in [-0.05, 0) is 83.5 Å². The third kappa shape index (κ3) is 7.43. The van der Waals surface area contributed by atoms with Gasteiger partial charge in [0, 0.05) is 44.2 Å². The molecule has 0 N–H and O–H groups in total. The highest BCUT2D eigenvalue weighted by Crippen LogP contribution is 2.49. The first-order valence-corrected chi connectivity index (χ1v) is 25.8. The molecule has 15 rings (SSSR count). The lowest BCUT2D eigenvalue weighted by molar-refractivity contribution is 0.669. The maximum absolute atomic E-state index is 6.83. The lowest BCUT2D eigenvalue weighted by Crippen LogP contribution is -2.01. The van der Waals surface area contributed by atoms with Crippen LogP contribution in [-0.4, -0.2) is 29.9 Å². The SMILES string of the molecule is c1ccc(-c2nc(-c3ccccc3)nc(-c3c4ccccc4c(-c4ccc5oc6cccc(-c7c8ccccc8c(-c8nc(-c9ccccc9)nc(-c9ccccc9)n8)c8ccccc78)c6c5c4)c4ccccc34)n2)cc1. The molecular weight excluding hydrogens is 941 g/mol. The van der Waals surface area contributed by atoms with Crippen molar-refractivity contribution in [2.24, 2.45) is 0 Å². The van der Waals surface area contributed by atoms with E-state index in [4.69, 9.17) is 34.3 Å². The predicted octanol–water partition coefficient (Wildman–Crippen LogP) is 17.9. The second-order valence-corrected chi connectivity index (χ2v) is 19.3. The van der Waals surface area contributed by atoms with Gasteiger partial charge in [-0.15, -0.1) is 0 Å². The number of fused-ring (bicyclic) bond motifs is 7. The van der Waals surface area contributed by atoms with Crippen LogP contribution in [0, 0.1) is 0 Å². The molecule has 0 saturated carbocycles. The number of rotatable bonds is 8. The van der Waals surface area contributed by atoms with E-state index in [1.807, 2.05) is 72.8 Å². The highest BCUT2D eigenvalue weighted by atomic mass is 16.3. The van der Waals surface area contributed by atoms with Crippen molar-refractivity contribution in [3.8, 4) is 90.6 Å². The summed E-state index contributed by atoms with van der Waals surface area (Å²) in [5.41, 5.74) is 11.6. The molecule has 7 heteroatoms. The van der Waals surface area contributed by atoms with E-state index in [0.29, 0.717) is 34.9 Å². The second-order valence-electron chi connectivity index (χ2n) is 19.3. The first kappa shape index (κ1) is 44.0. The van der Waals surface area contributed by atoms with E-state index in [1.165, 1.54) is 0 Å². The van der Waals surface area contributed by atoms with Crippen LogP contribution in [0.25, 0.3) is 156 Å². The van der Waals surface area contributed by atoms with Gasteiger partial charge >= 0.3 is 0 Å². The van der Waals surface area contributed by atoms with Gasteiger partial charge in [-0.3, -0.25) is 0 Å². The molecule has 0 fully saturated rings. The molecular formula is C70H42N6O. The first-order chi connectivity index (χ1) is 38.2. The number of aromatic nitrogens is 6. The fourth-order valence-electron chi connectivity index (χ4n) is 11.4. The molecule has 3 heterocycles. The summed E-state index contributed by atoms with van der Waals surface area (Å²) >= 11 is 0. The number of hydrogen-bond donors (Lipinski definition) is 0. The predicted molar refractivity (Wildman–Crippen MR) is 314 cm³/mol. The Balaban J connectivity index is 0.953. The van der Waals surface area contributed by atoms with Gasteiger partial charge in [-0.1, -0.05) is 237 Å². The summed E-state index contributed by atoms with van der Waals surface area (Å²) in [7, 11) is 0. The Hall–Kier alpha value is -10.5. The zero-order valence-electron chi connectivity index (χ0n) is 41.3. The molecule has 0 bridgehead atoms. The van der Waals surface area contributed by atoms with Crippen molar-refractivity contribution in [2.45, 2.75) is 0 Å². The quantitative estimate of drug-likeness (QED) is 0.140. The molecule has 12 aromatic carbocycles. The molecule has 7 nitrogen and oxygen atoms in total. The van der Waals surface area contributed by atoms with E-state index in [1.54, 1.807) is 0 Å². The van der Waals surface area contributed by atoms with Crippen LogP contribution >= 0.6 is 0 Å². The van der Waals surface area contributed by atoms with E-state index < -0.39 is 0 Å². The normalized spacial score (nSPS) is 11.6. The third-order valence-corrected chi connectivity index (χ3v) is 14.8. The van der Waals surface area contributed by atoms with E-state index in [-0.39, 0.29) is 0 Å². The maximum atomic E-state index is 6.83. The fourth-order valence-corrected chi connectivity index (χ4v) is 11.4. The third-order valence-electron chi connectivity index (χ3n) is 14.8. The molecule has 358 valence electrons. The topological polar surface area (TPSA) is 90.5 Å². The molecule has 0 atom stereocenters. The van der Waals surface area contributed by atoms with Gasteiger partial charge in [-0.25, -0.2) is 29.9 Å². The largest absolute Gasteiger partial charge is 0.456 e. The minimum Gasteiger partial charge on any atom is -0.456 e. The van der Waals surface area contributed by atoms with Crippen LogP contribution in [0.3, 0.4) is 0 Å². The van der Waals surface area contributed by atoms with E-state index >= 15 is 0 Å². The molecule has 77 heavy (non-hydrogen) atoms. The van der Waals surface area contributed by atoms with E-state index in [2.05, 4.69) is 182 Å². The molecule has 0 amide bonds. The molecule has 0 radical (unpaired) electrons. The summed E-state index contributed by atoms with van der Waals surface area (Å²) in [5, 5.41) is 10.6. The standard InChI is InChI=1S/C70H42N6O/c1-5-22-43(23-6-1)65-71-66(44-24-7-2-8-25-44)74-69(73-65)63-52-34-17-13-30-48(52)60(49-31-14-18-35-53(49)63)47-40-41-58-57(42-47)62-56(38-21-39-59(62)77-58)61-50-32-15-19-36-54(50)64(55-37-20-16-33-51(55)61)70-75-67(45-26-9-3-10-27-45)72-68(76-70)46-28-11-4-12-29-46/h1-42H. The Bertz CT molecular complexity index is 4560. The highest BCUT2D eigenvalue weighted by molar-refractivity contribution is 6.26. The smallest absolute Gasteiger partial charge is 0.165 e. The van der Waals surface area contributed by atoms with Crippen LogP contribution in [0.4, 0.5) is 0 Å². The van der Waals surface area contributed by atoms with Crippen LogP contribution in [0.1, 0.15) is 0 Å².